The van der Waals surface area contributed by atoms with Crippen molar-refractivity contribution in [2.45, 2.75) is 19.9 Å². The van der Waals surface area contributed by atoms with Crippen molar-refractivity contribution in [1.82, 2.24) is 9.55 Å². The van der Waals surface area contributed by atoms with Crippen molar-refractivity contribution >= 4 is 11.0 Å². The molecule has 78 valence electrons. The summed E-state index contributed by atoms with van der Waals surface area (Å²) in [6.07, 6.45) is 0.827. The van der Waals surface area contributed by atoms with Gasteiger partial charge in [0.2, 0.25) is 0 Å². The van der Waals surface area contributed by atoms with E-state index < -0.39 is 11.1 Å². The van der Waals surface area contributed by atoms with Gasteiger partial charge in [-0.2, -0.15) is 0 Å². The van der Waals surface area contributed by atoms with Gasteiger partial charge in [-0.3, -0.25) is 9.59 Å². The maximum absolute atomic E-state index is 11.6. The Hall–Kier alpha value is -1.84. The van der Waals surface area contributed by atoms with Crippen LogP contribution in [0.25, 0.3) is 11.0 Å². The fourth-order valence-electron chi connectivity index (χ4n) is 1.67. The van der Waals surface area contributed by atoms with E-state index in [1.165, 1.54) is 4.57 Å². The number of aromatic amines is 1. The summed E-state index contributed by atoms with van der Waals surface area (Å²) < 4.78 is 1.52. The molecule has 0 amide bonds. The molecule has 0 spiro atoms. The number of nitrogens with zero attached hydrogens (tertiary/aromatic N) is 1. The van der Waals surface area contributed by atoms with Crippen LogP contribution in [0.3, 0.4) is 0 Å². The summed E-state index contributed by atoms with van der Waals surface area (Å²) in [5.41, 5.74) is 0.456. The standard InChI is InChI=1S/C11H12N2O2/c1-2-7-13-9-6-4-3-5-8(9)12-10(14)11(13)15/h3-6H,2,7H2,1H3,(H,12,14). The Morgan fingerprint density at radius 1 is 1.27 bits per heavy atom. The lowest BCUT2D eigenvalue weighted by molar-refractivity contribution is 0.669. The first-order valence-electron chi connectivity index (χ1n) is 4.96. The maximum Gasteiger partial charge on any atom is 0.316 e. The molecule has 0 unspecified atom stereocenters. The molecule has 0 saturated heterocycles. The van der Waals surface area contributed by atoms with Crippen molar-refractivity contribution < 1.29 is 0 Å². The van der Waals surface area contributed by atoms with Crippen LogP contribution in [0.15, 0.2) is 33.9 Å². The van der Waals surface area contributed by atoms with Gasteiger partial charge < -0.3 is 9.55 Å². The van der Waals surface area contributed by atoms with Gasteiger partial charge in [-0.1, -0.05) is 19.1 Å². The van der Waals surface area contributed by atoms with Crippen molar-refractivity contribution in [2.24, 2.45) is 0 Å². The van der Waals surface area contributed by atoms with E-state index in [2.05, 4.69) is 4.98 Å². The molecule has 0 aliphatic rings. The Labute approximate surface area is 86.2 Å². The highest BCUT2D eigenvalue weighted by Gasteiger charge is 2.05. The van der Waals surface area contributed by atoms with E-state index in [4.69, 9.17) is 0 Å². The van der Waals surface area contributed by atoms with Gasteiger partial charge in [0.1, 0.15) is 0 Å². The topological polar surface area (TPSA) is 54.9 Å². The number of benzene rings is 1. The second kappa shape index (κ2) is 3.73. The zero-order valence-corrected chi connectivity index (χ0v) is 8.49. The van der Waals surface area contributed by atoms with E-state index in [0.717, 1.165) is 11.9 Å². The maximum atomic E-state index is 11.6. The number of fused-ring (bicyclic) bond motifs is 1. The summed E-state index contributed by atoms with van der Waals surface area (Å²) in [6.45, 7) is 2.55. The van der Waals surface area contributed by atoms with E-state index in [1.807, 2.05) is 25.1 Å². The van der Waals surface area contributed by atoms with Crippen LogP contribution in [-0.4, -0.2) is 9.55 Å². The highest BCUT2D eigenvalue weighted by molar-refractivity contribution is 5.74. The third-order valence-corrected chi connectivity index (χ3v) is 2.33. The predicted molar refractivity (Wildman–Crippen MR) is 59.1 cm³/mol. The number of hydrogen-bond acceptors (Lipinski definition) is 2. The van der Waals surface area contributed by atoms with Crippen molar-refractivity contribution in [3.63, 3.8) is 0 Å². The van der Waals surface area contributed by atoms with Crippen LogP contribution >= 0.6 is 0 Å². The molecule has 0 fully saturated rings. The first kappa shape index (κ1) is 9.71. The highest BCUT2D eigenvalue weighted by atomic mass is 16.2. The quantitative estimate of drug-likeness (QED) is 0.745. The van der Waals surface area contributed by atoms with Crippen molar-refractivity contribution in [3.05, 3.63) is 45.0 Å². The minimum atomic E-state index is -0.554. The third-order valence-electron chi connectivity index (χ3n) is 2.33. The van der Waals surface area contributed by atoms with Gasteiger partial charge in [0.05, 0.1) is 11.0 Å². The molecule has 0 radical (unpaired) electrons. The Kier molecular flexibility index (Phi) is 2.41. The Morgan fingerprint density at radius 3 is 2.73 bits per heavy atom. The van der Waals surface area contributed by atoms with E-state index in [9.17, 15) is 9.59 Å². The lowest BCUT2D eigenvalue weighted by Crippen LogP contribution is -2.36. The molecule has 1 N–H and O–H groups in total. The number of aromatic nitrogens is 2. The van der Waals surface area contributed by atoms with Crippen molar-refractivity contribution in [3.8, 4) is 0 Å². The van der Waals surface area contributed by atoms with Gasteiger partial charge in [-0.15, -0.1) is 0 Å². The number of para-hydroxylation sites is 2. The van der Waals surface area contributed by atoms with Gasteiger partial charge in [0, 0.05) is 6.54 Å². The van der Waals surface area contributed by atoms with Gasteiger partial charge >= 0.3 is 11.1 Å². The van der Waals surface area contributed by atoms with Gasteiger partial charge in [-0.05, 0) is 18.6 Å². The molecule has 1 aromatic carbocycles. The lowest BCUT2D eigenvalue weighted by Gasteiger charge is -2.07. The molecule has 2 rings (SSSR count). The summed E-state index contributed by atoms with van der Waals surface area (Å²) in [7, 11) is 0. The summed E-state index contributed by atoms with van der Waals surface area (Å²) >= 11 is 0. The largest absolute Gasteiger partial charge is 0.316 e. The van der Waals surface area contributed by atoms with E-state index >= 15 is 0 Å². The predicted octanol–water partition coefficient (Wildman–Crippen LogP) is 1.10. The molecule has 1 heterocycles. The highest BCUT2D eigenvalue weighted by Crippen LogP contribution is 2.07. The molecule has 15 heavy (non-hydrogen) atoms. The summed E-state index contributed by atoms with van der Waals surface area (Å²) in [5.74, 6) is 0. The molecule has 0 aliphatic heterocycles. The van der Waals surface area contributed by atoms with Gasteiger partial charge in [-0.25, -0.2) is 0 Å². The van der Waals surface area contributed by atoms with E-state index in [1.54, 1.807) is 6.07 Å². The number of nitrogens with one attached hydrogen (secondary N) is 1. The van der Waals surface area contributed by atoms with Crippen molar-refractivity contribution in [2.75, 3.05) is 0 Å². The fraction of sp³-hybridized carbons (Fsp3) is 0.273. The molecular formula is C11H12N2O2. The number of aryl methyl sites for hydroxylation is 1. The first-order valence-corrected chi connectivity index (χ1v) is 4.96. The van der Waals surface area contributed by atoms with Gasteiger partial charge in [0.25, 0.3) is 0 Å². The molecule has 0 saturated carbocycles. The van der Waals surface area contributed by atoms with Crippen LogP contribution in [-0.2, 0) is 6.54 Å². The van der Waals surface area contributed by atoms with Crippen molar-refractivity contribution in [1.29, 1.82) is 0 Å². The molecule has 4 heteroatoms. The average molecular weight is 204 g/mol. The molecule has 2 aromatic rings. The number of hydrogen-bond donors (Lipinski definition) is 1. The summed E-state index contributed by atoms with van der Waals surface area (Å²) in [5, 5.41) is 0. The molecule has 4 nitrogen and oxygen atoms in total. The normalized spacial score (nSPS) is 10.7. The third kappa shape index (κ3) is 1.58. The molecule has 1 aromatic heterocycles. The molecule has 0 aliphatic carbocycles. The van der Waals surface area contributed by atoms with Crippen LogP contribution in [0.1, 0.15) is 13.3 Å². The van der Waals surface area contributed by atoms with Crippen LogP contribution in [0, 0.1) is 0 Å². The fourth-order valence-corrected chi connectivity index (χ4v) is 1.67. The Bertz CT molecular complexity index is 595. The van der Waals surface area contributed by atoms with Crippen LogP contribution in [0.4, 0.5) is 0 Å². The number of H-pyrrole nitrogens is 1. The SMILES string of the molecule is CCCn1c(=O)c(=O)[nH]c2ccccc21. The molecule has 0 atom stereocenters. The first-order chi connectivity index (χ1) is 7.24. The number of rotatable bonds is 2. The average Bonchev–Trinajstić information content (AvgIpc) is 2.25. The van der Waals surface area contributed by atoms with Crippen LogP contribution < -0.4 is 11.1 Å². The van der Waals surface area contributed by atoms with E-state index in [0.29, 0.717) is 12.1 Å². The second-order valence-corrected chi connectivity index (χ2v) is 3.43. The monoisotopic (exact) mass is 204 g/mol. The zero-order valence-electron chi connectivity index (χ0n) is 8.49. The van der Waals surface area contributed by atoms with Gasteiger partial charge in [0.15, 0.2) is 0 Å². The zero-order chi connectivity index (χ0) is 10.8. The van der Waals surface area contributed by atoms with Crippen LogP contribution in [0.5, 0.6) is 0 Å². The minimum Gasteiger partial charge on any atom is -0.316 e. The Balaban J connectivity index is 2.89. The molecular weight excluding hydrogens is 192 g/mol. The Morgan fingerprint density at radius 2 is 2.00 bits per heavy atom. The van der Waals surface area contributed by atoms with E-state index in [-0.39, 0.29) is 0 Å². The minimum absolute atomic E-state index is 0.476. The summed E-state index contributed by atoms with van der Waals surface area (Å²) in [4.78, 5) is 25.5. The summed E-state index contributed by atoms with van der Waals surface area (Å²) in [6, 6.07) is 7.32. The van der Waals surface area contributed by atoms with Crippen LogP contribution in [0.2, 0.25) is 0 Å². The lowest BCUT2D eigenvalue weighted by atomic mass is 10.3. The smallest absolute Gasteiger partial charge is 0.316 e. The molecule has 0 bridgehead atoms. The second-order valence-electron chi connectivity index (χ2n) is 3.43.